The largest absolute Gasteiger partial charge is 0.493 e. The number of para-hydroxylation sites is 1. The van der Waals surface area contributed by atoms with Crippen molar-refractivity contribution in [2.75, 3.05) is 31.0 Å². The zero-order valence-corrected chi connectivity index (χ0v) is 15.9. The molecule has 0 fully saturated rings. The second-order valence-corrected chi connectivity index (χ2v) is 6.47. The summed E-state index contributed by atoms with van der Waals surface area (Å²) in [5.74, 6) is 0.318. The van der Waals surface area contributed by atoms with E-state index in [-0.39, 0.29) is 29.0 Å². The van der Waals surface area contributed by atoms with Crippen molar-refractivity contribution in [1.29, 1.82) is 0 Å². The number of nitrogens with one attached hydrogen (secondary N) is 2. The lowest BCUT2D eigenvalue weighted by molar-refractivity contribution is -0.118. The molecule has 0 aromatic heterocycles. The standard InChI is InChI=1S/C19H21FN2O4S/c1-25-16-8-7-13(9-17(16)26-2)10-21-18(23)11-27-12-19(24)22-15-6-4-3-5-14(15)20/h3-9H,10-12H2,1-2H3,(H,21,23)(H,22,24). The Bertz CT molecular complexity index is 801. The van der Waals surface area contributed by atoms with E-state index in [4.69, 9.17) is 9.47 Å². The summed E-state index contributed by atoms with van der Waals surface area (Å²) in [5, 5.41) is 5.25. The summed E-state index contributed by atoms with van der Waals surface area (Å²) in [7, 11) is 3.10. The third-order valence-corrected chi connectivity index (χ3v) is 4.48. The van der Waals surface area contributed by atoms with Crippen molar-refractivity contribution >= 4 is 29.3 Å². The van der Waals surface area contributed by atoms with Crippen molar-refractivity contribution in [1.82, 2.24) is 5.32 Å². The minimum atomic E-state index is -0.497. The van der Waals surface area contributed by atoms with Gasteiger partial charge in [-0.2, -0.15) is 0 Å². The molecule has 8 heteroatoms. The number of thioether (sulfide) groups is 1. The minimum Gasteiger partial charge on any atom is -0.493 e. The molecule has 0 radical (unpaired) electrons. The van der Waals surface area contributed by atoms with Crippen LogP contribution in [0.2, 0.25) is 0 Å². The highest BCUT2D eigenvalue weighted by Gasteiger charge is 2.09. The molecule has 0 spiro atoms. The van der Waals surface area contributed by atoms with E-state index in [1.807, 2.05) is 6.07 Å². The maximum Gasteiger partial charge on any atom is 0.234 e. The van der Waals surface area contributed by atoms with Crippen LogP contribution in [0.25, 0.3) is 0 Å². The second-order valence-electron chi connectivity index (χ2n) is 5.49. The highest BCUT2D eigenvalue weighted by Crippen LogP contribution is 2.27. The van der Waals surface area contributed by atoms with E-state index in [2.05, 4.69) is 10.6 Å². The Hall–Kier alpha value is -2.74. The quantitative estimate of drug-likeness (QED) is 0.686. The van der Waals surface area contributed by atoms with E-state index in [1.165, 1.54) is 12.1 Å². The molecule has 2 rings (SSSR count). The smallest absolute Gasteiger partial charge is 0.234 e. The summed E-state index contributed by atoms with van der Waals surface area (Å²) in [6, 6.07) is 11.3. The Morgan fingerprint density at radius 1 is 1.00 bits per heavy atom. The van der Waals surface area contributed by atoms with Crippen molar-refractivity contribution in [3.05, 3.63) is 53.8 Å². The topological polar surface area (TPSA) is 76.7 Å². The van der Waals surface area contributed by atoms with Gasteiger partial charge in [-0.25, -0.2) is 4.39 Å². The molecular formula is C19H21FN2O4S. The maximum atomic E-state index is 13.5. The predicted molar refractivity (Wildman–Crippen MR) is 104 cm³/mol. The number of hydrogen-bond donors (Lipinski definition) is 2. The Morgan fingerprint density at radius 3 is 2.41 bits per heavy atom. The fourth-order valence-electron chi connectivity index (χ4n) is 2.23. The molecule has 2 N–H and O–H groups in total. The summed E-state index contributed by atoms with van der Waals surface area (Å²) < 4.78 is 23.8. The van der Waals surface area contributed by atoms with Gasteiger partial charge >= 0.3 is 0 Å². The Balaban J connectivity index is 1.72. The third-order valence-electron chi connectivity index (χ3n) is 3.55. The molecule has 0 atom stereocenters. The number of anilines is 1. The van der Waals surface area contributed by atoms with Gasteiger partial charge in [0.05, 0.1) is 31.4 Å². The van der Waals surface area contributed by atoms with Gasteiger partial charge in [-0.1, -0.05) is 18.2 Å². The number of halogens is 1. The molecular weight excluding hydrogens is 371 g/mol. The molecule has 0 saturated heterocycles. The molecule has 0 aliphatic heterocycles. The maximum absolute atomic E-state index is 13.5. The number of carbonyl (C=O) groups is 2. The summed E-state index contributed by atoms with van der Waals surface area (Å²) >= 11 is 1.15. The van der Waals surface area contributed by atoms with E-state index >= 15 is 0 Å². The highest BCUT2D eigenvalue weighted by molar-refractivity contribution is 8.00. The van der Waals surface area contributed by atoms with E-state index in [9.17, 15) is 14.0 Å². The molecule has 2 aromatic rings. The molecule has 0 saturated carbocycles. The van der Waals surface area contributed by atoms with Gasteiger partial charge in [-0.3, -0.25) is 9.59 Å². The van der Waals surface area contributed by atoms with Crippen molar-refractivity contribution in [2.45, 2.75) is 6.54 Å². The Kier molecular flexibility index (Phi) is 7.94. The monoisotopic (exact) mass is 392 g/mol. The predicted octanol–water partition coefficient (Wildman–Crippen LogP) is 2.83. The van der Waals surface area contributed by atoms with Crippen LogP contribution < -0.4 is 20.1 Å². The summed E-state index contributed by atoms with van der Waals surface area (Å²) in [5.41, 5.74) is 0.990. The zero-order chi connectivity index (χ0) is 19.6. The second kappa shape index (κ2) is 10.4. The van der Waals surface area contributed by atoms with Crippen LogP contribution in [0.3, 0.4) is 0 Å². The van der Waals surface area contributed by atoms with Crippen molar-refractivity contribution in [3.8, 4) is 11.5 Å². The van der Waals surface area contributed by atoms with Crippen LogP contribution in [0.15, 0.2) is 42.5 Å². The number of methoxy groups -OCH3 is 2. The van der Waals surface area contributed by atoms with Crippen molar-refractivity contribution < 1.29 is 23.5 Å². The van der Waals surface area contributed by atoms with Gasteiger partial charge in [0, 0.05) is 6.54 Å². The van der Waals surface area contributed by atoms with E-state index in [0.717, 1.165) is 17.3 Å². The van der Waals surface area contributed by atoms with Gasteiger partial charge in [0.2, 0.25) is 11.8 Å². The van der Waals surface area contributed by atoms with Crippen LogP contribution in [0.1, 0.15) is 5.56 Å². The Labute approximate surface area is 161 Å². The average molecular weight is 392 g/mol. The van der Waals surface area contributed by atoms with Gasteiger partial charge in [0.15, 0.2) is 11.5 Å². The van der Waals surface area contributed by atoms with Crippen molar-refractivity contribution in [2.24, 2.45) is 0 Å². The Morgan fingerprint density at radius 2 is 1.70 bits per heavy atom. The number of benzene rings is 2. The average Bonchev–Trinajstić information content (AvgIpc) is 2.67. The lowest BCUT2D eigenvalue weighted by Crippen LogP contribution is -2.25. The van der Waals surface area contributed by atoms with Crippen LogP contribution in [0, 0.1) is 5.82 Å². The fraction of sp³-hybridized carbons (Fsp3) is 0.263. The van der Waals surface area contributed by atoms with Gasteiger partial charge in [0.25, 0.3) is 0 Å². The van der Waals surface area contributed by atoms with Gasteiger partial charge in [0.1, 0.15) is 5.82 Å². The molecule has 0 aliphatic carbocycles. The lowest BCUT2D eigenvalue weighted by Gasteiger charge is -2.10. The first-order valence-electron chi connectivity index (χ1n) is 8.13. The lowest BCUT2D eigenvalue weighted by atomic mass is 10.2. The van der Waals surface area contributed by atoms with Crippen molar-refractivity contribution in [3.63, 3.8) is 0 Å². The molecule has 2 aromatic carbocycles. The van der Waals surface area contributed by atoms with Gasteiger partial charge < -0.3 is 20.1 Å². The number of amides is 2. The highest BCUT2D eigenvalue weighted by atomic mass is 32.2. The van der Waals surface area contributed by atoms with Crippen LogP contribution in [-0.4, -0.2) is 37.5 Å². The summed E-state index contributed by atoms with van der Waals surface area (Å²) in [4.78, 5) is 23.7. The van der Waals surface area contributed by atoms with E-state index < -0.39 is 5.82 Å². The normalized spacial score (nSPS) is 10.2. The summed E-state index contributed by atoms with van der Waals surface area (Å²) in [6.45, 7) is 0.334. The zero-order valence-electron chi connectivity index (χ0n) is 15.1. The van der Waals surface area contributed by atoms with Crippen LogP contribution >= 0.6 is 11.8 Å². The van der Waals surface area contributed by atoms with E-state index in [0.29, 0.717) is 18.0 Å². The first kappa shape index (κ1) is 20.6. The molecule has 0 unspecified atom stereocenters. The molecule has 0 aliphatic rings. The molecule has 144 valence electrons. The molecule has 27 heavy (non-hydrogen) atoms. The summed E-state index contributed by atoms with van der Waals surface area (Å²) in [6.07, 6.45) is 0. The first-order chi connectivity index (χ1) is 13.0. The third kappa shape index (κ3) is 6.49. The van der Waals surface area contributed by atoms with Crippen LogP contribution in [0.4, 0.5) is 10.1 Å². The van der Waals surface area contributed by atoms with Crippen LogP contribution in [0.5, 0.6) is 11.5 Å². The van der Waals surface area contributed by atoms with E-state index in [1.54, 1.807) is 38.5 Å². The number of hydrogen-bond acceptors (Lipinski definition) is 5. The number of ether oxygens (including phenoxy) is 2. The SMILES string of the molecule is COc1ccc(CNC(=O)CSCC(=O)Nc2ccccc2F)cc1OC. The van der Waals surface area contributed by atoms with Gasteiger partial charge in [-0.15, -0.1) is 11.8 Å². The first-order valence-corrected chi connectivity index (χ1v) is 9.28. The fourth-order valence-corrected chi connectivity index (χ4v) is 2.87. The minimum absolute atomic E-state index is 0.0537. The molecule has 2 amide bonds. The van der Waals surface area contributed by atoms with Crippen LogP contribution in [-0.2, 0) is 16.1 Å². The molecule has 6 nitrogen and oxygen atoms in total. The molecule has 0 bridgehead atoms. The van der Waals surface area contributed by atoms with Gasteiger partial charge in [-0.05, 0) is 29.8 Å². The molecule has 0 heterocycles. The number of carbonyl (C=O) groups excluding carboxylic acids is 2. The number of rotatable bonds is 9.